The third-order valence-corrected chi connectivity index (χ3v) is 18.7. The number of alkyl halides is 3. The number of nitrogens with two attached hydrogens (primary N) is 2. The molecule has 4 saturated heterocycles. The number of ether oxygens (including phenoxy) is 1. The molecule has 1 aromatic carbocycles. The van der Waals surface area contributed by atoms with Crippen LogP contribution in [0.3, 0.4) is 0 Å². The molecule has 0 aliphatic carbocycles. The zero-order chi connectivity index (χ0) is 62.3. The Hall–Kier alpha value is -8.11. The number of hydrogen-bond acceptors (Lipinski definition) is 19. The van der Waals surface area contributed by atoms with Gasteiger partial charge >= 0.3 is 6.18 Å². The topological polar surface area (TPSA) is 267 Å². The van der Waals surface area contributed by atoms with Crippen molar-refractivity contribution >= 4 is 87.2 Å². The molecule has 4 fully saturated rings. The minimum absolute atomic E-state index is 0.0958. The molecule has 13 rings (SSSR count). The number of nitrogens with zero attached hydrogens (tertiary/aromatic N) is 11. The first-order valence-electron chi connectivity index (χ1n) is 29.6. The number of dihydropyridines is 1. The first-order valence-corrected chi connectivity index (χ1v) is 30.5. The number of piperidine rings is 3. The molecule has 8 aliphatic heterocycles. The number of likely N-dealkylation sites (tertiary alicyclic amines) is 3. The van der Waals surface area contributed by atoms with Gasteiger partial charge < -0.3 is 61.6 Å². The van der Waals surface area contributed by atoms with Crippen molar-refractivity contribution in [2.75, 3.05) is 61.3 Å². The van der Waals surface area contributed by atoms with Crippen molar-refractivity contribution in [3.63, 3.8) is 0 Å². The number of carbonyl (C=O) groups is 3. The predicted octanol–water partition coefficient (Wildman–Crippen LogP) is 6.26. The van der Waals surface area contributed by atoms with Crippen LogP contribution >= 0.6 is 24.4 Å². The van der Waals surface area contributed by atoms with Gasteiger partial charge in [-0.1, -0.05) is 50.4 Å². The summed E-state index contributed by atoms with van der Waals surface area (Å²) in [5.41, 5.74) is 2.41. The number of rotatable bonds is 8. The molecule has 5 aromatic rings. The van der Waals surface area contributed by atoms with Gasteiger partial charge in [0, 0.05) is 80.9 Å². The molecule has 22 nitrogen and oxygen atoms in total. The van der Waals surface area contributed by atoms with Crippen LogP contribution in [0, 0.1) is 0 Å². The van der Waals surface area contributed by atoms with Gasteiger partial charge in [-0.3, -0.25) is 24.3 Å². The lowest BCUT2D eigenvalue weighted by atomic mass is 9.78. The van der Waals surface area contributed by atoms with Gasteiger partial charge in [-0.05, 0) is 131 Å². The quantitative estimate of drug-likeness (QED) is 0.0391. The molecule has 27 heteroatoms. The van der Waals surface area contributed by atoms with Crippen LogP contribution in [0.15, 0.2) is 108 Å². The fourth-order valence-electron chi connectivity index (χ4n) is 13.6. The Labute approximate surface area is 518 Å². The molecule has 0 radical (unpaired) electrons. The van der Waals surface area contributed by atoms with Crippen LogP contribution in [0.5, 0.6) is 0 Å². The second-order valence-electron chi connectivity index (χ2n) is 23.6. The Morgan fingerprint density at radius 1 is 0.773 bits per heavy atom. The van der Waals surface area contributed by atoms with Crippen LogP contribution in [0.1, 0.15) is 111 Å². The number of allylic oxidation sites excluding steroid dienone is 2. The molecule has 8 aliphatic rings. The van der Waals surface area contributed by atoms with Gasteiger partial charge in [0.25, 0.3) is 17.7 Å². The van der Waals surface area contributed by atoms with E-state index >= 15 is 0 Å². The predicted molar refractivity (Wildman–Crippen MR) is 337 cm³/mol. The molecule has 0 bridgehead atoms. The largest absolute Gasteiger partial charge is 0.431 e. The Kier molecular flexibility index (Phi) is 17.1. The summed E-state index contributed by atoms with van der Waals surface area (Å²) in [5.74, 6) is 12.9. The Balaban J connectivity index is 0.000000138. The highest BCUT2D eigenvalue weighted by Crippen LogP contribution is 2.49. The molecule has 0 saturated carbocycles. The lowest BCUT2D eigenvalue weighted by Crippen LogP contribution is -2.65. The maximum Gasteiger partial charge on any atom is 0.431 e. The van der Waals surface area contributed by atoms with Gasteiger partial charge in [0.1, 0.15) is 17.1 Å². The SMILES string of the molecule is CC(C)(O)c1ccc(C(=O)N2CCC3(CC2)OC2NC=CC=C2n2c(C(F)(F)F)ccc23)cc1.CCC1NCC2N1c1ncccc1NC21CCN(C(=O)/C(C=S)=N/N)CC1.CCc1ncc2n1-c1ncccc1NC21CCN(C(=O)/C(C=S)=N/N)CC1. The fourth-order valence-corrected chi connectivity index (χ4v) is 14.0. The van der Waals surface area contributed by atoms with Crippen LogP contribution in [-0.2, 0) is 43.7 Å². The summed E-state index contributed by atoms with van der Waals surface area (Å²) in [5, 5.41) is 33.7. The van der Waals surface area contributed by atoms with Crippen LogP contribution in [0.4, 0.5) is 30.4 Å². The molecule has 3 amide bonds. The maximum absolute atomic E-state index is 13.8. The maximum atomic E-state index is 13.8. The average molecular weight is 1240 g/mol. The molecule has 3 spiro atoms. The number of hydrogen-bond donors (Lipinski definition) is 7. The number of carbonyl (C=O) groups excluding carboxylic acids is 3. The number of amides is 3. The summed E-state index contributed by atoms with van der Waals surface area (Å²) in [6.07, 6.45) is 11.4. The zero-order valence-corrected chi connectivity index (χ0v) is 51.0. The molecular weight excluding hydrogens is 1170 g/mol. The molecule has 3 atom stereocenters. The molecular formula is C61H72F3N17O5S2. The van der Waals surface area contributed by atoms with E-state index in [0.29, 0.717) is 80.7 Å². The average Bonchev–Trinajstić information content (AvgIpc) is 1.52. The third kappa shape index (κ3) is 11.2. The van der Waals surface area contributed by atoms with Gasteiger partial charge in [-0.2, -0.15) is 23.4 Å². The van der Waals surface area contributed by atoms with Gasteiger partial charge in [0.05, 0.1) is 63.5 Å². The second-order valence-corrected chi connectivity index (χ2v) is 24.0. The number of aryl methyl sites for hydroxylation is 1. The zero-order valence-electron chi connectivity index (χ0n) is 49.3. The molecule has 88 heavy (non-hydrogen) atoms. The highest BCUT2D eigenvalue weighted by Gasteiger charge is 2.54. The van der Waals surface area contributed by atoms with Crippen LogP contribution in [-0.4, -0.2) is 154 Å². The number of hydrazone groups is 2. The van der Waals surface area contributed by atoms with Crippen molar-refractivity contribution in [3.05, 3.63) is 132 Å². The summed E-state index contributed by atoms with van der Waals surface area (Å²) in [4.78, 5) is 59.6. The Morgan fingerprint density at radius 3 is 1.95 bits per heavy atom. The van der Waals surface area contributed by atoms with Crippen molar-refractivity contribution in [1.82, 2.24) is 49.4 Å². The fraction of sp³-hybridized carbons (Fsp3) is 0.443. The van der Waals surface area contributed by atoms with E-state index in [1.165, 1.54) is 21.4 Å². The number of benzene rings is 1. The Bertz CT molecular complexity index is 3610. The van der Waals surface area contributed by atoms with E-state index in [1.54, 1.807) is 77.4 Å². The number of imidazole rings is 1. The number of aliphatic hydroxyl groups is 1. The molecule has 9 N–H and O–H groups in total. The summed E-state index contributed by atoms with van der Waals surface area (Å²) in [7, 11) is 0. The van der Waals surface area contributed by atoms with Crippen molar-refractivity contribution < 1.29 is 37.4 Å². The number of nitrogens with one attached hydrogen (secondary N) is 4. The number of anilines is 3. The van der Waals surface area contributed by atoms with E-state index in [-0.39, 0.29) is 46.4 Å². The minimum Gasteiger partial charge on any atom is -0.386 e. The van der Waals surface area contributed by atoms with Crippen LogP contribution in [0.2, 0.25) is 0 Å². The highest BCUT2D eigenvalue weighted by atomic mass is 32.1. The van der Waals surface area contributed by atoms with E-state index in [1.807, 2.05) is 30.6 Å². The van der Waals surface area contributed by atoms with Crippen molar-refractivity contribution in [2.24, 2.45) is 21.9 Å². The summed E-state index contributed by atoms with van der Waals surface area (Å²) < 4.78 is 51.2. The van der Waals surface area contributed by atoms with E-state index in [2.05, 4.69) is 75.8 Å². The molecule has 4 aromatic heterocycles. The second kappa shape index (κ2) is 24.5. The van der Waals surface area contributed by atoms with Crippen LogP contribution < -0.4 is 37.9 Å². The monoisotopic (exact) mass is 1240 g/mol. The first kappa shape index (κ1) is 61.5. The number of aromatic nitrogens is 5. The smallest absolute Gasteiger partial charge is 0.386 e. The number of pyridine rings is 2. The lowest BCUT2D eigenvalue weighted by Gasteiger charge is -2.53. The normalized spacial score (nSPS) is 21.9. The Morgan fingerprint density at radius 2 is 1.38 bits per heavy atom. The van der Waals surface area contributed by atoms with Gasteiger partial charge in [0.2, 0.25) is 0 Å². The number of fused-ring (bicyclic) bond motifs is 12. The third-order valence-electron chi connectivity index (χ3n) is 18.3. The molecule has 12 heterocycles. The van der Waals surface area contributed by atoms with Crippen molar-refractivity contribution in [1.29, 1.82) is 0 Å². The van der Waals surface area contributed by atoms with E-state index in [9.17, 15) is 32.7 Å². The van der Waals surface area contributed by atoms with Gasteiger partial charge in [-0.15, -0.1) is 0 Å². The highest BCUT2D eigenvalue weighted by molar-refractivity contribution is 7.81. The standard InChI is InChI=1S/C25H26F3N3O3.C18H25N7OS.C18H21N7OS/c1-23(2,33)17-7-5-16(6-8-17)22(32)30-14-11-24(12-15-30)19-9-10-20(25(26,27)28)31(19)18-4-3-13-29-21(18)34-24;2*1-2-15-21-10-14-18(22-12-4-3-7-20-16(12)25(14)15)5-8-24(9-6-18)17(26)13(11-27)23-19/h3-10,13,21,29,33H,11-12,14-15H2,1-2H3;3-4,7,11,14-15,21-22H,2,5-6,8-10,19H2,1H3;3-4,7,10-11,22H,2,5-6,8-9,19H2,1H3/b;2*23-13+. The van der Waals surface area contributed by atoms with Gasteiger partial charge in [0.15, 0.2) is 29.3 Å². The number of halogens is 3. The minimum atomic E-state index is -4.50. The molecule has 3 unspecified atom stereocenters. The van der Waals surface area contributed by atoms with E-state index in [0.717, 1.165) is 85.7 Å². The van der Waals surface area contributed by atoms with E-state index in [4.69, 9.17) is 40.9 Å². The summed E-state index contributed by atoms with van der Waals surface area (Å²) >= 11 is 9.69. The lowest BCUT2D eigenvalue weighted by molar-refractivity contribution is -0.149. The van der Waals surface area contributed by atoms with Crippen molar-refractivity contribution in [3.8, 4) is 5.82 Å². The van der Waals surface area contributed by atoms with Crippen molar-refractivity contribution in [2.45, 2.75) is 126 Å². The van der Waals surface area contributed by atoms with Gasteiger partial charge in [-0.25, -0.2) is 15.0 Å². The molecule has 464 valence electrons. The first-order chi connectivity index (χ1) is 42.3. The summed E-state index contributed by atoms with van der Waals surface area (Å²) in [6, 6.07) is 17.7. The van der Waals surface area contributed by atoms with E-state index < -0.39 is 29.3 Å². The summed E-state index contributed by atoms with van der Waals surface area (Å²) in [6.45, 7) is 11.7. The van der Waals surface area contributed by atoms with Crippen LogP contribution in [0.25, 0.3) is 11.5 Å². The number of thiocarbonyl (C=S) groups is 2.